The fraction of sp³-hybridized carbons (Fsp3) is 0.700. The van der Waals surface area contributed by atoms with Crippen molar-refractivity contribution >= 4 is 16.0 Å². The van der Waals surface area contributed by atoms with Crippen LogP contribution in [0.5, 0.6) is 0 Å². The molecule has 1 atom stereocenters. The Kier molecular flexibility index (Phi) is 5.31. The molecule has 0 saturated carbocycles. The summed E-state index contributed by atoms with van der Waals surface area (Å²) in [7, 11) is 1.15. The summed E-state index contributed by atoms with van der Waals surface area (Å²) >= 11 is 0. The minimum atomic E-state index is -4.25. The molecule has 0 radical (unpaired) electrons. The minimum Gasteiger partial charge on any atom is -0.748 e. The number of nitrogens with zero attached hydrogens (tertiary/aromatic N) is 1. The van der Waals surface area contributed by atoms with Gasteiger partial charge in [0.05, 0.1) is 31.3 Å². The summed E-state index contributed by atoms with van der Waals surface area (Å²) in [6.07, 6.45) is 0. The van der Waals surface area contributed by atoms with Crippen molar-refractivity contribution in [1.29, 1.82) is 0 Å². The second-order valence-electron chi connectivity index (χ2n) is 5.00. The van der Waals surface area contributed by atoms with Crippen molar-refractivity contribution in [3.63, 3.8) is 0 Å². The number of hydrogen-bond acceptors (Lipinski definition) is 4. The van der Waals surface area contributed by atoms with E-state index in [-0.39, 0.29) is 12.5 Å². The molecule has 0 saturated heterocycles. The van der Waals surface area contributed by atoms with Crippen molar-refractivity contribution < 1.29 is 22.2 Å². The van der Waals surface area contributed by atoms with Crippen molar-refractivity contribution in [3.05, 3.63) is 12.3 Å². The highest BCUT2D eigenvalue weighted by molar-refractivity contribution is 7.85. The van der Waals surface area contributed by atoms with Crippen molar-refractivity contribution in [2.24, 2.45) is 5.92 Å². The van der Waals surface area contributed by atoms with Crippen molar-refractivity contribution in [2.75, 3.05) is 33.4 Å². The number of rotatable bonds is 6. The summed E-state index contributed by atoms with van der Waals surface area (Å²) in [5.74, 6) is -1.24. The van der Waals surface area contributed by atoms with Gasteiger partial charge in [0.25, 0.3) is 0 Å². The molecule has 0 aromatic rings. The predicted molar refractivity (Wildman–Crippen MR) is 63.9 cm³/mol. The molecule has 6 nitrogen and oxygen atoms in total. The van der Waals surface area contributed by atoms with Crippen LogP contribution in [0, 0.1) is 5.92 Å². The maximum Gasteiger partial charge on any atom is 0.304 e. The van der Waals surface area contributed by atoms with Crippen LogP contribution in [0.4, 0.5) is 0 Å². The number of amides is 1. The highest BCUT2D eigenvalue weighted by atomic mass is 32.2. The van der Waals surface area contributed by atoms with Gasteiger partial charge in [0.1, 0.15) is 0 Å². The molecule has 1 unspecified atom stereocenters. The molecule has 0 rings (SSSR count). The van der Waals surface area contributed by atoms with E-state index < -0.39 is 21.8 Å². The molecule has 0 aliphatic heterocycles. The van der Waals surface area contributed by atoms with Crippen LogP contribution in [0.15, 0.2) is 12.3 Å². The number of quaternary nitrogens is 1. The molecule has 17 heavy (non-hydrogen) atoms. The Morgan fingerprint density at radius 2 is 1.88 bits per heavy atom. The third-order valence-electron chi connectivity index (χ3n) is 2.17. The summed E-state index contributed by atoms with van der Waals surface area (Å²) in [4.78, 5) is 11.6. The molecular weight excluding hydrogens is 244 g/mol. The van der Waals surface area contributed by atoms with Crippen molar-refractivity contribution in [3.8, 4) is 0 Å². The van der Waals surface area contributed by atoms with Gasteiger partial charge in [-0.25, -0.2) is 8.42 Å². The van der Waals surface area contributed by atoms with E-state index in [0.717, 1.165) is 0 Å². The van der Waals surface area contributed by atoms with Gasteiger partial charge in [-0.2, -0.15) is 0 Å². The van der Waals surface area contributed by atoms with E-state index in [9.17, 15) is 17.8 Å². The molecule has 0 fully saturated rings. The standard InChI is InChI=1S/C10H20N2O4S/c1-8(7-17(14,15)16)6-11-10(13)9(2)12(3,4)5/h8H,2,6-7H2,1,3-5H3,(H-,11,13,14,15,16). The molecule has 0 heterocycles. The molecule has 0 spiro atoms. The van der Waals surface area contributed by atoms with Crippen LogP contribution in [0.25, 0.3) is 0 Å². The van der Waals surface area contributed by atoms with E-state index in [1.165, 1.54) is 0 Å². The lowest BCUT2D eigenvalue weighted by Crippen LogP contribution is -2.42. The highest BCUT2D eigenvalue weighted by Gasteiger charge is 2.22. The fourth-order valence-corrected chi connectivity index (χ4v) is 1.90. The van der Waals surface area contributed by atoms with Gasteiger partial charge in [-0.1, -0.05) is 6.92 Å². The molecular formula is C10H20N2O4S. The number of likely N-dealkylation sites (N-methyl/N-ethyl adjacent to an activating group) is 1. The van der Waals surface area contributed by atoms with Gasteiger partial charge in [-0.15, -0.1) is 0 Å². The monoisotopic (exact) mass is 264 g/mol. The van der Waals surface area contributed by atoms with Crippen LogP contribution in [0.2, 0.25) is 0 Å². The van der Waals surface area contributed by atoms with Crippen molar-refractivity contribution in [1.82, 2.24) is 5.32 Å². The quantitative estimate of drug-likeness (QED) is 0.398. The first-order chi connectivity index (χ1) is 7.43. The Bertz CT molecular complexity index is 395. The summed E-state index contributed by atoms with van der Waals surface area (Å²) in [5, 5.41) is 2.55. The third-order valence-corrected chi connectivity index (χ3v) is 3.15. The number of nitrogens with one attached hydrogen (secondary N) is 1. The van der Waals surface area contributed by atoms with Crippen LogP contribution in [0.1, 0.15) is 6.92 Å². The SMILES string of the molecule is C=C(C(=O)NCC(C)CS(=O)(=O)[O-])[N+](C)(C)C. The van der Waals surface area contributed by atoms with Gasteiger partial charge >= 0.3 is 5.91 Å². The van der Waals surface area contributed by atoms with Gasteiger partial charge in [0, 0.05) is 12.3 Å². The summed E-state index contributed by atoms with van der Waals surface area (Å²) in [6.45, 7) is 5.38. The Labute approximate surface area is 103 Å². The smallest absolute Gasteiger partial charge is 0.304 e. The van der Waals surface area contributed by atoms with E-state index >= 15 is 0 Å². The Hall–Kier alpha value is -0.920. The van der Waals surface area contributed by atoms with Gasteiger partial charge in [-0.05, 0) is 12.5 Å². The molecule has 1 N–H and O–H groups in total. The maximum atomic E-state index is 11.6. The second kappa shape index (κ2) is 5.61. The molecule has 0 aliphatic carbocycles. The lowest BCUT2D eigenvalue weighted by atomic mass is 10.2. The zero-order valence-electron chi connectivity index (χ0n) is 10.7. The molecule has 0 aromatic heterocycles. The van der Waals surface area contributed by atoms with Crippen molar-refractivity contribution in [2.45, 2.75) is 6.92 Å². The molecule has 0 aliphatic rings. The Balaban J connectivity index is 4.23. The van der Waals surface area contributed by atoms with Gasteiger partial charge < -0.3 is 9.87 Å². The van der Waals surface area contributed by atoms with E-state index in [1.54, 1.807) is 28.1 Å². The Morgan fingerprint density at radius 1 is 1.41 bits per heavy atom. The lowest BCUT2D eigenvalue weighted by molar-refractivity contribution is -0.826. The first-order valence-corrected chi connectivity index (χ1v) is 6.74. The summed E-state index contributed by atoms with van der Waals surface area (Å²) < 4.78 is 31.8. The van der Waals surface area contributed by atoms with Crippen LogP contribution < -0.4 is 5.32 Å². The molecule has 0 aromatic carbocycles. The predicted octanol–water partition coefficient (Wildman–Crippen LogP) is -0.496. The zero-order valence-corrected chi connectivity index (χ0v) is 11.5. The van der Waals surface area contributed by atoms with E-state index in [2.05, 4.69) is 11.9 Å². The van der Waals surface area contributed by atoms with Crippen LogP contribution in [-0.2, 0) is 14.9 Å². The highest BCUT2D eigenvalue weighted by Crippen LogP contribution is 2.05. The normalized spacial score (nSPS) is 14.2. The molecule has 7 heteroatoms. The third kappa shape index (κ3) is 7.09. The average molecular weight is 264 g/mol. The molecule has 1 amide bonds. The second-order valence-corrected chi connectivity index (χ2v) is 6.45. The van der Waals surface area contributed by atoms with Gasteiger partial charge in [0.2, 0.25) is 0 Å². The minimum absolute atomic E-state index is 0.138. The summed E-state index contributed by atoms with van der Waals surface area (Å²) in [6, 6.07) is 0. The summed E-state index contributed by atoms with van der Waals surface area (Å²) in [5.41, 5.74) is 0.363. The van der Waals surface area contributed by atoms with Crippen LogP contribution in [-0.4, -0.2) is 56.8 Å². The van der Waals surface area contributed by atoms with Gasteiger partial charge in [0.15, 0.2) is 5.70 Å². The van der Waals surface area contributed by atoms with Gasteiger partial charge in [-0.3, -0.25) is 9.28 Å². The lowest BCUT2D eigenvalue weighted by Gasteiger charge is -2.25. The zero-order chi connectivity index (χ0) is 13.9. The first kappa shape index (κ1) is 16.1. The maximum absolute atomic E-state index is 11.6. The molecule has 0 bridgehead atoms. The Morgan fingerprint density at radius 3 is 2.24 bits per heavy atom. The van der Waals surface area contributed by atoms with E-state index in [0.29, 0.717) is 10.2 Å². The number of hydrogen-bond donors (Lipinski definition) is 1. The number of carbonyl (C=O) groups is 1. The fourth-order valence-electron chi connectivity index (χ4n) is 1.08. The van der Waals surface area contributed by atoms with E-state index in [1.807, 2.05) is 0 Å². The largest absolute Gasteiger partial charge is 0.748 e. The average Bonchev–Trinajstić information content (AvgIpc) is 2.08. The first-order valence-electron chi connectivity index (χ1n) is 5.16. The van der Waals surface area contributed by atoms with Crippen LogP contribution in [0.3, 0.4) is 0 Å². The topological polar surface area (TPSA) is 86.3 Å². The van der Waals surface area contributed by atoms with E-state index in [4.69, 9.17) is 0 Å². The molecule has 100 valence electrons. The number of carbonyl (C=O) groups excluding carboxylic acids is 1. The van der Waals surface area contributed by atoms with Crippen LogP contribution >= 0.6 is 0 Å².